The summed E-state index contributed by atoms with van der Waals surface area (Å²) in [7, 11) is 1.35. The van der Waals surface area contributed by atoms with Gasteiger partial charge in [0, 0.05) is 23.2 Å². The van der Waals surface area contributed by atoms with Crippen LogP contribution in [0.5, 0.6) is 5.75 Å². The molecule has 0 unspecified atom stereocenters. The van der Waals surface area contributed by atoms with Crippen LogP contribution in [0, 0.1) is 10.1 Å². The zero-order valence-electron chi connectivity index (χ0n) is 17.1. The Labute approximate surface area is 185 Å². The number of aromatic nitrogens is 1. The first-order chi connectivity index (χ1) is 15.6. The number of non-ortho nitro benzene ring substituents is 1. The normalized spacial score (nSPS) is 11.5. The van der Waals surface area contributed by atoms with Crippen molar-refractivity contribution < 1.29 is 27.6 Å². The first kappa shape index (κ1) is 21.9. The molecule has 4 aromatic rings. The fourth-order valence-electron chi connectivity index (χ4n) is 3.71. The minimum Gasteiger partial charge on any atom is -0.497 e. The molecule has 0 aliphatic rings. The maximum Gasteiger partial charge on any atom is 0.417 e. The van der Waals surface area contributed by atoms with Crippen molar-refractivity contribution in [3.63, 3.8) is 0 Å². The monoisotopic (exact) mass is 455 g/mol. The quantitative estimate of drug-likeness (QED) is 0.325. The number of nitro benzene ring substituents is 1. The lowest BCUT2D eigenvalue weighted by atomic mass is 9.98. The Kier molecular flexibility index (Phi) is 5.28. The molecule has 10 heteroatoms. The van der Waals surface area contributed by atoms with E-state index in [1.54, 1.807) is 6.07 Å². The third kappa shape index (κ3) is 3.98. The fraction of sp³-hybridized carbons (Fsp3) is 0.0870. The lowest BCUT2D eigenvalue weighted by Crippen LogP contribution is -2.16. The van der Waals surface area contributed by atoms with Crippen LogP contribution in [0.4, 0.5) is 18.9 Å². The van der Waals surface area contributed by atoms with Crippen molar-refractivity contribution in [2.24, 2.45) is 5.73 Å². The van der Waals surface area contributed by atoms with E-state index in [1.165, 1.54) is 66.3 Å². The smallest absolute Gasteiger partial charge is 0.417 e. The molecule has 0 fully saturated rings. The van der Waals surface area contributed by atoms with E-state index in [9.17, 15) is 28.1 Å². The average Bonchev–Trinajstić information content (AvgIpc) is 3.17. The Bertz CT molecular complexity index is 1410. The van der Waals surface area contributed by atoms with Crippen LogP contribution in [-0.4, -0.2) is 22.5 Å². The summed E-state index contributed by atoms with van der Waals surface area (Å²) in [5.74, 6) is -0.556. The molecule has 1 aromatic heterocycles. The van der Waals surface area contributed by atoms with E-state index in [1.807, 2.05) is 0 Å². The number of rotatable bonds is 5. The number of methoxy groups -OCH3 is 1. The highest BCUT2D eigenvalue weighted by Gasteiger charge is 2.34. The molecule has 0 saturated carbocycles. The SMILES string of the molecule is COc1ccc(C(F)(F)F)c(-c2cccc(-n3c(C(N)=O)cc4ccc([N+](=O)[O-])cc43)c2)c1. The summed E-state index contributed by atoms with van der Waals surface area (Å²) in [6.07, 6.45) is -4.61. The molecule has 3 aromatic carbocycles. The van der Waals surface area contributed by atoms with Gasteiger partial charge in [-0.1, -0.05) is 12.1 Å². The van der Waals surface area contributed by atoms with Gasteiger partial charge in [-0.15, -0.1) is 0 Å². The van der Waals surface area contributed by atoms with Crippen LogP contribution >= 0.6 is 0 Å². The first-order valence-electron chi connectivity index (χ1n) is 9.56. The van der Waals surface area contributed by atoms with Gasteiger partial charge in [-0.2, -0.15) is 13.2 Å². The number of ether oxygens (including phenoxy) is 1. The number of nitro groups is 1. The zero-order chi connectivity index (χ0) is 23.9. The number of carbonyl (C=O) groups excluding carboxylic acids is 1. The maximum atomic E-state index is 13.7. The highest BCUT2D eigenvalue weighted by molar-refractivity contribution is 5.99. The number of hydrogen-bond acceptors (Lipinski definition) is 4. The van der Waals surface area contributed by atoms with E-state index < -0.39 is 22.6 Å². The molecule has 168 valence electrons. The van der Waals surface area contributed by atoms with Crippen LogP contribution in [0.3, 0.4) is 0 Å². The van der Waals surface area contributed by atoms with Crippen molar-refractivity contribution in [2.75, 3.05) is 7.11 Å². The lowest BCUT2D eigenvalue weighted by molar-refractivity contribution is -0.384. The van der Waals surface area contributed by atoms with Crippen molar-refractivity contribution in [3.05, 3.63) is 88.1 Å². The number of nitrogens with two attached hydrogens (primary N) is 1. The van der Waals surface area contributed by atoms with Gasteiger partial charge in [-0.3, -0.25) is 14.9 Å². The Hall–Kier alpha value is -4.34. The highest BCUT2D eigenvalue weighted by Crippen LogP contribution is 2.40. The second-order valence-corrected chi connectivity index (χ2v) is 7.19. The van der Waals surface area contributed by atoms with Gasteiger partial charge in [0.1, 0.15) is 11.4 Å². The van der Waals surface area contributed by atoms with Gasteiger partial charge < -0.3 is 15.0 Å². The van der Waals surface area contributed by atoms with Crippen LogP contribution in [0.25, 0.3) is 27.7 Å². The lowest BCUT2D eigenvalue weighted by Gasteiger charge is -2.16. The van der Waals surface area contributed by atoms with Gasteiger partial charge in [0.2, 0.25) is 0 Å². The van der Waals surface area contributed by atoms with E-state index in [4.69, 9.17) is 10.5 Å². The molecule has 0 aliphatic heterocycles. The number of fused-ring (bicyclic) bond motifs is 1. The Morgan fingerprint density at radius 2 is 1.82 bits per heavy atom. The molecule has 0 saturated heterocycles. The average molecular weight is 455 g/mol. The first-order valence-corrected chi connectivity index (χ1v) is 9.56. The molecule has 7 nitrogen and oxygen atoms in total. The van der Waals surface area contributed by atoms with Crippen LogP contribution in [0.15, 0.2) is 66.7 Å². The van der Waals surface area contributed by atoms with Gasteiger partial charge in [0.25, 0.3) is 11.6 Å². The van der Waals surface area contributed by atoms with E-state index in [2.05, 4.69) is 0 Å². The molecule has 0 atom stereocenters. The number of benzene rings is 3. The molecule has 33 heavy (non-hydrogen) atoms. The molecular weight excluding hydrogens is 439 g/mol. The largest absolute Gasteiger partial charge is 0.497 e. The van der Waals surface area contributed by atoms with Crippen molar-refractivity contribution in [3.8, 4) is 22.6 Å². The number of nitrogens with zero attached hydrogens (tertiary/aromatic N) is 2. The Morgan fingerprint density at radius 1 is 1.06 bits per heavy atom. The second kappa shape index (κ2) is 7.97. The number of alkyl halides is 3. The van der Waals surface area contributed by atoms with Gasteiger partial charge >= 0.3 is 6.18 Å². The topological polar surface area (TPSA) is 100 Å². The molecule has 1 amide bonds. The number of halogens is 3. The number of hydrogen-bond donors (Lipinski definition) is 1. The van der Waals surface area contributed by atoms with Crippen molar-refractivity contribution in [1.82, 2.24) is 4.57 Å². The van der Waals surface area contributed by atoms with Crippen molar-refractivity contribution in [2.45, 2.75) is 6.18 Å². The Morgan fingerprint density at radius 3 is 2.45 bits per heavy atom. The third-order valence-corrected chi connectivity index (χ3v) is 5.20. The van der Waals surface area contributed by atoms with Crippen LogP contribution in [0.2, 0.25) is 0 Å². The summed E-state index contributed by atoms with van der Waals surface area (Å²) >= 11 is 0. The molecule has 4 rings (SSSR count). The molecule has 0 spiro atoms. The highest BCUT2D eigenvalue weighted by atomic mass is 19.4. The van der Waals surface area contributed by atoms with Crippen LogP contribution in [-0.2, 0) is 6.18 Å². The fourth-order valence-corrected chi connectivity index (χ4v) is 3.71. The molecule has 0 radical (unpaired) electrons. The maximum absolute atomic E-state index is 13.7. The minimum atomic E-state index is -4.61. The van der Waals surface area contributed by atoms with E-state index in [0.29, 0.717) is 16.6 Å². The number of primary amides is 1. The van der Waals surface area contributed by atoms with Gasteiger partial charge in [0.15, 0.2) is 0 Å². The summed E-state index contributed by atoms with van der Waals surface area (Å²) in [4.78, 5) is 22.8. The molecule has 2 N–H and O–H groups in total. The molecular formula is C23H16F3N3O4. The van der Waals surface area contributed by atoms with Crippen LogP contribution in [0.1, 0.15) is 16.1 Å². The van der Waals surface area contributed by atoms with E-state index in [0.717, 1.165) is 6.07 Å². The molecule has 0 aliphatic carbocycles. The third-order valence-electron chi connectivity index (χ3n) is 5.20. The van der Waals surface area contributed by atoms with Crippen molar-refractivity contribution in [1.29, 1.82) is 0 Å². The standard InChI is InChI=1S/C23H16F3N3O4/c1-33-17-7-8-19(23(24,25)26)18(12-17)13-3-2-4-15(9-13)28-20-11-16(29(31)32)6-5-14(20)10-21(28)22(27)30/h2-12H,1H3,(H2,27,30). The van der Waals surface area contributed by atoms with Gasteiger partial charge in [-0.05, 0) is 53.6 Å². The Balaban J connectivity index is 1.98. The summed E-state index contributed by atoms with van der Waals surface area (Å²) in [6, 6.07) is 15.0. The van der Waals surface area contributed by atoms with E-state index in [-0.39, 0.29) is 28.3 Å². The molecule has 0 bridgehead atoms. The summed E-state index contributed by atoms with van der Waals surface area (Å²) < 4.78 is 47.5. The number of carbonyl (C=O) groups is 1. The number of amides is 1. The van der Waals surface area contributed by atoms with Gasteiger partial charge in [0.05, 0.1) is 23.1 Å². The summed E-state index contributed by atoms with van der Waals surface area (Å²) in [5.41, 5.74) is 5.21. The predicted molar refractivity (Wildman–Crippen MR) is 115 cm³/mol. The van der Waals surface area contributed by atoms with Crippen LogP contribution < -0.4 is 10.5 Å². The second-order valence-electron chi connectivity index (χ2n) is 7.19. The predicted octanol–water partition coefficient (Wildman–Crippen LogP) is 5.33. The molecule has 1 heterocycles. The minimum absolute atomic E-state index is 0.0318. The zero-order valence-corrected chi connectivity index (χ0v) is 17.1. The van der Waals surface area contributed by atoms with Gasteiger partial charge in [-0.25, -0.2) is 0 Å². The van der Waals surface area contributed by atoms with Crippen molar-refractivity contribution >= 4 is 22.5 Å². The van der Waals surface area contributed by atoms with E-state index >= 15 is 0 Å². The summed E-state index contributed by atoms with van der Waals surface area (Å²) in [5, 5.41) is 11.8. The summed E-state index contributed by atoms with van der Waals surface area (Å²) in [6.45, 7) is 0.